The van der Waals surface area contributed by atoms with Gasteiger partial charge in [0.2, 0.25) is 5.89 Å². The standard InChI is InChI=1S/C14H25N3O2/c1-4-9-15-12-7-5-11(6-8-12)14-16-13(17-19-14)10(2)18-3/h10-12,15H,4-9H2,1-3H3. The van der Waals surface area contributed by atoms with Gasteiger partial charge in [-0.3, -0.25) is 0 Å². The Labute approximate surface area is 115 Å². The van der Waals surface area contributed by atoms with Gasteiger partial charge >= 0.3 is 0 Å². The van der Waals surface area contributed by atoms with E-state index in [0.717, 1.165) is 25.3 Å². The zero-order valence-electron chi connectivity index (χ0n) is 12.2. The lowest BCUT2D eigenvalue weighted by Crippen LogP contribution is -2.33. The molecule has 0 radical (unpaired) electrons. The summed E-state index contributed by atoms with van der Waals surface area (Å²) in [6.45, 7) is 5.25. The van der Waals surface area contributed by atoms with Gasteiger partial charge < -0.3 is 14.6 Å². The topological polar surface area (TPSA) is 60.2 Å². The molecule has 5 nitrogen and oxygen atoms in total. The molecular formula is C14H25N3O2. The Bertz CT molecular complexity index is 373. The highest BCUT2D eigenvalue weighted by atomic mass is 16.5. The second kappa shape index (κ2) is 7.01. The van der Waals surface area contributed by atoms with Gasteiger partial charge in [-0.2, -0.15) is 4.98 Å². The predicted octanol–water partition coefficient (Wildman–Crippen LogP) is 2.80. The van der Waals surface area contributed by atoms with E-state index < -0.39 is 0 Å². The summed E-state index contributed by atoms with van der Waals surface area (Å²) in [7, 11) is 1.66. The highest BCUT2D eigenvalue weighted by Crippen LogP contribution is 2.32. The fourth-order valence-corrected chi connectivity index (χ4v) is 2.58. The van der Waals surface area contributed by atoms with E-state index in [0.29, 0.717) is 17.8 Å². The van der Waals surface area contributed by atoms with Crippen molar-refractivity contribution in [3.05, 3.63) is 11.7 Å². The first-order valence-electron chi connectivity index (χ1n) is 7.34. The molecule has 0 saturated heterocycles. The predicted molar refractivity (Wildman–Crippen MR) is 73.0 cm³/mol. The van der Waals surface area contributed by atoms with Gasteiger partial charge in [0.15, 0.2) is 5.82 Å². The normalized spacial score (nSPS) is 25.4. The van der Waals surface area contributed by atoms with Crippen LogP contribution in [0.5, 0.6) is 0 Å². The highest BCUT2D eigenvalue weighted by molar-refractivity contribution is 4.98. The Morgan fingerprint density at radius 1 is 1.37 bits per heavy atom. The van der Waals surface area contributed by atoms with Crippen LogP contribution in [0.3, 0.4) is 0 Å². The summed E-state index contributed by atoms with van der Waals surface area (Å²) >= 11 is 0. The second-order valence-corrected chi connectivity index (χ2v) is 5.37. The Morgan fingerprint density at radius 2 is 2.11 bits per heavy atom. The first-order valence-corrected chi connectivity index (χ1v) is 7.34. The third-order valence-corrected chi connectivity index (χ3v) is 3.93. The lowest BCUT2D eigenvalue weighted by Gasteiger charge is -2.27. The average molecular weight is 267 g/mol. The summed E-state index contributed by atoms with van der Waals surface area (Å²) in [4.78, 5) is 4.47. The molecule has 0 amide bonds. The molecule has 1 aliphatic carbocycles. The SMILES string of the molecule is CCCNC1CCC(c2nc(C(C)OC)no2)CC1. The van der Waals surface area contributed by atoms with E-state index in [-0.39, 0.29) is 6.10 Å². The minimum absolute atomic E-state index is 0.0972. The quantitative estimate of drug-likeness (QED) is 0.858. The van der Waals surface area contributed by atoms with E-state index >= 15 is 0 Å². The van der Waals surface area contributed by atoms with Gasteiger partial charge in [0.1, 0.15) is 6.10 Å². The van der Waals surface area contributed by atoms with Crippen molar-refractivity contribution in [2.24, 2.45) is 0 Å². The van der Waals surface area contributed by atoms with Crippen molar-refractivity contribution in [3.8, 4) is 0 Å². The zero-order valence-corrected chi connectivity index (χ0v) is 12.2. The molecule has 1 aromatic heterocycles. The number of ether oxygens (including phenoxy) is 1. The number of rotatable bonds is 6. The van der Waals surface area contributed by atoms with Crippen LogP contribution in [0, 0.1) is 0 Å². The van der Waals surface area contributed by atoms with Crippen molar-refractivity contribution in [1.29, 1.82) is 0 Å². The summed E-state index contributed by atoms with van der Waals surface area (Å²) in [6, 6.07) is 0.663. The monoisotopic (exact) mass is 267 g/mol. The Morgan fingerprint density at radius 3 is 2.74 bits per heavy atom. The molecule has 0 aliphatic heterocycles. The number of methoxy groups -OCH3 is 1. The van der Waals surface area contributed by atoms with E-state index in [1.807, 2.05) is 6.92 Å². The Kier molecular flexibility index (Phi) is 5.34. The molecule has 5 heteroatoms. The van der Waals surface area contributed by atoms with Crippen LogP contribution in [0.4, 0.5) is 0 Å². The van der Waals surface area contributed by atoms with Crippen LogP contribution in [-0.4, -0.2) is 29.8 Å². The number of hydrogen-bond donors (Lipinski definition) is 1. The van der Waals surface area contributed by atoms with E-state index in [9.17, 15) is 0 Å². The maximum Gasteiger partial charge on any atom is 0.229 e. The largest absolute Gasteiger partial charge is 0.374 e. The van der Waals surface area contributed by atoms with Crippen molar-refractivity contribution in [1.82, 2.24) is 15.5 Å². The van der Waals surface area contributed by atoms with Gasteiger partial charge in [0.05, 0.1) is 0 Å². The summed E-state index contributed by atoms with van der Waals surface area (Å²) in [5.74, 6) is 1.86. The second-order valence-electron chi connectivity index (χ2n) is 5.37. The lowest BCUT2D eigenvalue weighted by molar-refractivity contribution is 0.109. The lowest BCUT2D eigenvalue weighted by atomic mass is 9.86. The summed E-state index contributed by atoms with van der Waals surface area (Å²) in [5, 5.41) is 7.59. The summed E-state index contributed by atoms with van der Waals surface area (Å²) in [5.41, 5.74) is 0. The number of nitrogens with one attached hydrogen (secondary N) is 1. The van der Waals surface area contributed by atoms with Gasteiger partial charge in [-0.1, -0.05) is 12.1 Å². The highest BCUT2D eigenvalue weighted by Gasteiger charge is 2.26. The van der Waals surface area contributed by atoms with Crippen molar-refractivity contribution >= 4 is 0 Å². The fourth-order valence-electron chi connectivity index (χ4n) is 2.58. The van der Waals surface area contributed by atoms with E-state index in [4.69, 9.17) is 9.26 Å². The molecule has 1 unspecified atom stereocenters. The minimum atomic E-state index is -0.0972. The van der Waals surface area contributed by atoms with Crippen molar-refractivity contribution in [2.75, 3.05) is 13.7 Å². The van der Waals surface area contributed by atoms with Crippen LogP contribution in [0.1, 0.15) is 69.7 Å². The van der Waals surface area contributed by atoms with Crippen LogP contribution in [-0.2, 0) is 4.74 Å². The molecule has 2 rings (SSSR count). The van der Waals surface area contributed by atoms with E-state index in [1.165, 1.54) is 19.3 Å². The van der Waals surface area contributed by atoms with Crippen molar-refractivity contribution < 1.29 is 9.26 Å². The minimum Gasteiger partial charge on any atom is -0.374 e. The maximum absolute atomic E-state index is 5.38. The third kappa shape index (κ3) is 3.76. The van der Waals surface area contributed by atoms with Crippen LogP contribution < -0.4 is 5.32 Å². The van der Waals surface area contributed by atoms with Crippen LogP contribution in [0.2, 0.25) is 0 Å². The van der Waals surface area contributed by atoms with Gasteiger partial charge in [-0.25, -0.2) is 0 Å². The molecule has 1 heterocycles. The van der Waals surface area contributed by atoms with Crippen LogP contribution in [0.15, 0.2) is 4.52 Å². The Hall–Kier alpha value is -0.940. The molecule has 0 spiro atoms. The van der Waals surface area contributed by atoms with Crippen LogP contribution >= 0.6 is 0 Å². The fraction of sp³-hybridized carbons (Fsp3) is 0.857. The molecule has 1 N–H and O–H groups in total. The van der Waals surface area contributed by atoms with E-state index in [2.05, 4.69) is 22.4 Å². The molecule has 108 valence electrons. The smallest absolute Gasteiger partial charge is 0.229 e. The first-order chi connectivity index (χ1) is 9.24. The Balaban J connectivity index is 1.85. The van der Waals surface area contributed by atoms with Crippen LogP contribution in [0.25, 0.3) is 0 Å². The van der Waals surface area contributed by atoms with Crippen molar-refractivity contribution in [3.63, 3.8) is 0 Å². The zero-order chi connectivity index (χ0) is 13.7. The number of aromatic nitrogens is 2. The molecular weight excluding hydrogens is 242 g/mol. The molecule has 0 bridgehead atoms. The molecule has 19 heavy (non-hydrogen) atoms. The van der Waals surface area contributed by atoms with E-state index in [1.54, 1.807) is 7.11 Å². The summed E-state index contributed by atoms with van der Waals surface area (Å²) in [6.07, 6.45) is 5.75. The molecule has 1 saturated carbocycles. The molecule has 0 aromatic carbocycles. The van der Waals surface area contributed by atoms with Gasteiger partial charge in [-0.05, 0) is 45.6 Å². The average Bonchev–Trinajstić information content (AvgIpc) is 2.94. The van der Waals surface area contributed by atoms with Crippen molar-refractivity contribution in [2.45, 2.75) is 64.0 Å². The molecule has 1 aromatic rings. The number of nitrogens with zero attached hydrogens (tertiary/aromatic N) is 2. The third-order valence-electron chi connectivity index (χ3n) is 3.93. The summed E-state index contributed by atoms with van der Waals surface area (Å²) < 4.78 is 10.6. The molecule has 1 fully saturated rings. The van der Waals surface area contributed by atoms with Gasteiger partial charge in [0, 0.05) is 19.1 Å². The van der Waals surface area contributed by atoms with Gasteiger partial charge in [0.25, 0.3) is 0 Å². The molecule has 1 aliphatic rings. The number of hydrogen-bond acceptors (Lipinski definition) is 5. The maximum atomic E-state index is 5.38. The van der Waals surface area contributed by atoms with Gasteiger partial charge in [-0.15, -0.1) is 0 Å². The first kappa shape index (κ1) is 14.5. The molecule has 1 atom stereocenters.